The highest BCUT2D eigenvalue weighted by Gasteiger charge is 2.35. The molecule has 0 fully saturated rings. The van der Waals surface area contributed by atoms with Gasteiger partial charge in [0.2, 0.25) is 5.13 Å². The summed E-state index contributed by atoms with van der Waals surface area (Å²) < 4.78 is 50.2. The molecule has 4 nitrogen and oxygen atoms in total. The summed E-state index contributed by atoms with van der Waals surface area (Å²) in [6, 6.07) is 0. The first-order chi connectivity index (χ1) is 7.43. The van der Waals surface area contributed by atoms with E-state index in [-0.39, 0.29) is 6.54 Å². The van der Waals surface area contributed by atoms with E-state index in [4.69, 9.17) is 0 Å². The summed E-state index contributed by atoms with van der Waals surface area (Å²) in [4.78, 5) is 4.00. The summed E-state index contributed by atoms with van der Waals surface area (Å²) in [7, 11) is -2.81. The Morgan fingerprint density at radius 1 is 1.50 bits per heavy atom. The van der Waals surface area contributed by atoms with Gasteiger partial charge in [0.05, 0.1) is 0 Å². The van der Waals surface area contributed by atoms with Gasteiger partial charge in [-0.3, -0.25) is 4.21 Å². The molecule has 1 rings (SSSR count). The van der Waals surface area contributed by atoms with Gasteiger partial charge in [0.1, 0.15) is 16.6 Å². The predicted octanol–water partition coefficient (Wildman–Crippen LogP) is 1.78. The summed E-state index contributed by atoms with van der Waals surface area (Å²) in [5, 5.41) is 3.11. The number of aromatic nitrogens is 2. The van der Waals surface area contributed by atoms with Crippen molar-refractivity contribution < 1.29 is 17.4 Å². The number of halogens is 3. The maximum atomic E-state index is 11.9. The number of nitrogens with zero attached hydrogens (tertiary/aromatic N) is 2. The molecule has 92 valence electrons. The Morgan fingerprint density at radius 2 is 2.19 bits per heavy atom. The van der Waals surface area contributed by atoms with Crippen molar-refractivity contribution in [1.29, 1.82) is 0 Å². The molecule has 1 aromatic heterocycles. The molecule has 1 atom stereocenters. The largest absolute Gasteiger partial charge is 0.471 e. The number of rotatable bonds is 5. The van der Waals surface area contributed by atoms with Gasteiger partial charge in [0, 0.05) is 30.3 Å². The van der Waals surface area contributed by atoms with Crippen LogP contribution in [0.4, 0.5) is 18.3 Å². The van der Waals surface area contributed by atoms with E-state index in [1.165, 1.54) is 0 Å². The molecule has 16 heavy (non-hydrogen) atoms. The fourth-order valence-electron chi connectivity index (χ4n) is 0.836. The van der Waals surface area contributed by atoms with Gasteiger partial charge in [0.25, 0.3) is 0 Å². The molecular weight excluding hydrogens is 263 g/mol. The second-order valence-corrected chi connectivity index (χ2v) is 5.11. The highest BCUT2D eigenvalue weighted by Crippen LogP contribution is 2.20. The molecule has 1 aromatic rings. The molecule has 0 amide bonds. The van der Waals surface area contributed by atoms with Gasteiger partial charge < -0.3 is 5.32 Å². The smallest absolute Gasteiger partial charge is 0.359 e. The van der Waals surface area contributed by atoms with Crippen LogP contribution in [-0.2, 0) is 17.2 Å². The number of hydrogen-bond donors (Lipinski definition) is 1. The average Bonchev–Trinajstić information content (AvgIpc) is 2.64. The zero-order valence-corrected chi connectivity index (χ0v) is 10.0. The fourth-order valence-corrected chi connectivity index (χ4v) is 2.03. The van der Waals surface area contributed by atoms with E-state index in [1.54, 1.807) is 0 Å². The molecule has 0 saturated heterocycles. The molecule has 0 aliphatic heterocycles. The normalized spacial score (nSPS) is 13.8. The first kappa shape index (κ1) is 13.4. The Hall–Kier alpha value is -0.700. The molecule has 9 heteroatoms. The minimum Gasteiger partial charge on any atom is -0.359 e. The lowest BCUT2D eigenvalue weighted by Gasteiger charge is -2.05. The standard InChI is InChI=1S/C7H10F3N3OS2/c1-2-5-12-6(15-13-5)11-3-4-16(14)7(8,9)10/h2-4H2,1H3,(H,11,12,13). The Balaban J connectivity index is 2.33. The third-order valence-corrected chi connectivity index (χ3v) is 3.41. The van der Waals surface area contributed by atoms with Gasteiger partial charge in [0.15, 0.2) is 0 Å². The predicted molar refractivity (Wildman–Crippen MR) is 56.8 cm³/mol. The van der Waals surface area contributed by atoms with Crippen LogP contribution < -0.4 is 5.32 Å². The van der Waals surface area contributed by atoms with Gasteiger partial charge in [-0.1, -0.05) is 6.92 Å². The van der Waals surface area contributed by atoms with Crippen molar-refractivity contribution in [3.8, 4) is 0 Å². The highest BCUT2D eigenvalue weighted by molar-refractivity contribution is 7.85. The lowest BCUT2D eigenvalue weighted by Crippen LogP contribution is -2.23. The minimum absolute atomic E-state index is 0.0372. The third kappa shape index (κ3) is 4.05. The van der Waals surface area contributed by atoms with E-state index in [1.807, 2.05) is 6.92 Å². The van der Waals surface area contributed by atoms with Crippen molar-refractivity contribution >= 4 is 27.5 Å². The van der Waals surface area contributed by atoms with Crippen molar-refractivity contribution in [3.63, 3.8) is 0 Å². The summed E-state index contributed by atoms with van der Waals surface area (Å²) in [5.74, 6) is 0.161. The van der Waals surface area contributed by atoms with Gasteiger partial charge in [-0.2, -0.15) is 17.5 Å². The summed E-state index contributed by atoms with van der Waals surface area (Å²) in [5.41, 5.74) is -4.64. The van der Waals surface area contributed by atoms with Crippen molar-refractivity contribution in [2.75, 3.05) is 17.6 Å². The minimum atomic E-state index is -4.64. The molecule has 1 heterocycles. The van der Waals surface area contributed by atoms with Crippen molar-refractivity contribution in [3.05, 3.63) is 5.82 Å². The lowest BCUT2D eigenvalue weighted by atomic mass is 10.5. The Kier molecular flexibility index (Phi) is 4.66. The van der Waals surface area contributed by atoms with Gasteiger partial charge >= 0.3 is 5.51 Å². The summed E-state index contributed by atoms with van der Waals surface area (Å²) in [6.07, 6.45) is 0.673. The van der Waals surface area contributed by atoms with E-state index >= 15 is 0 Å². The van der Waals surface area contributed by atoms with Crippen LogP contribution in [0.2, 0.25) is 0 Å². The monoisotopic (exact) mass is 273 g/mol. The second-order valence-electron chi connectivity index (χ2n) is 2.79. The fraction of sp³-hybridized carbons (Fsp3) is 0.714. The zero-order valence-electron chi connectivity index (χ0n) is 8.37. The molecule has 0 radical (unpaired) electrons. The molecule has 0 bridgehead atoms. The first-order valence-electron chi connectivity index (χ1n) is 4.45. The topological polar surface area (TPSA) is 54.9 Å². The number of alkyl halides is 3. The first-order valence-corrected chi connectivity index (χ1v) is 6.54. The van der Waals surface area contributed by atoms with Crippen LogP contribution in [0, 0.1) is 0 Å². The number of hydrogen-bond acceptors (Lipinski definition) is 5. The van der Waals surface area contributed by atoms with Crippen LogP contribution >= 0.6 is 11.5 Å². The van der Waals surface area contributed by atoms with Gasteiger partial charge in [-0.25, -0.2) is 4.98 Å². The van der Waals surface area contributed by atoms with E-state index in [2.05, 4.69) is 14.7 Å². The Labute approximate surface area is 96.9 Å². The van der Waals surface area contributed by atoms with Crippen molar-refractivity contribution in [2.45, 2.75) is 18.9 Å². The maximum absolute atomic E-state index is 11.9. The summed E-state index contributed by atoms with van der Waals surface area (Å²) in [6.45, 7) is 1.84. The van der Waals surface area contributed by atoms with Crippen LogP contribution in [-0.4, -0.2) is 31.4 Å². The van der Waals surface area contributed by atoms with Crippen LogP contribution in [0.3, 0.4) is 0 Å². The number of aryl methyl sites for hydroxylation is 1. The van der Waals surface area contributed by atoms with E-state index < -0.39 is 22.1 Å². The van der Waals surface area contributed by atoms with Crippen LogP contribution in [0.1, 0.15) is 12.7 Å². The SMILES string of the molecule is CCc1nsc(NCCS(=O)C(F)(F)F)n1. The van der Waals surface area contributed by atoms with Crippen molar-refractivity contribution in [1.82, 2.24) is 9.36 Å². The van der Waals surface area contributed by atoms with E-state index in [0.29, 0.717) is 17.4 Å². The van der Waals surface area contributed by atoms with E-state index in [9.17, 15) is 17.4 Å². The molecule has 0 saturated carbocycles. The average molecular weight is 273 g/mol. The molecule has 1 N–H and O–H groups in total. The lowest BCUT2D eigenvalue weighted by molar-refractivity contribution is -0.0383. The molecule has 0 aliphatic rings. The second kappa shape index (κ2) is 5.58. The van der Waals surface area contributed by atoms with Crippen LogP contribution in [0.25, 0.3) is 0 Å². The summed E-state index contributed by atoms with van der Waals surface area (Å²) >= 11 is 1.08. The van der Waals surface area contributed by atoms with Crippen LogP contribution in [0.15, 0.2) is 0 Å². The zero-order chi connectivity index (χ0) is 12.2. The Morgan fingerprint density at radius 3 is 2.69 bits per heavy atom. The van der Waals surface area contributed by atoms with Gasteiger partial charge in [-0.15, -0.1) is 0 Å². The molecular formula is C7H10F3N3OS2. The van der Waals surface area contributed by atoms with E-state index in [0.717, 1.165) is 11.5 Å². The quantitative estimate of drug-likeness (QED) is 0.888. The van der Waals surface area contributed by atoms with Crippen molar-refractivity contribution in [2.24, 2.45) is 0 Å². The van der Waals surface area contributed by atoms with Crippen LogP contribution in [0.5, 0.6) is 0 Å². The maximum Gasteiger partial charge on any atom is 0.471 e. The number of anilines is 1. The van der Waals surface area contributed by atoms with Gasteiger partial charge in [-0.05, 0) is 0 Å². The number of nitrogens with one attached hydrogen (secondary N) is 1. The Bertz CT molecular complexity index is 366. The highest BCUT2D eigenvalue weighted by atomic mass is 32.2. The molecule has 0 aliphatic carbocycles. The molecule has 0 spiro atoms. The molecule has 1 unspecified atom stereocenters. The molecule has 0 aromatic carbocycles. The third-order valence-electron chi connectivity index (χ3n) is 1.61.